The van der Waals surface area contributed by atoms with E-state index in [2.05, 4.69) is 6.58 Å². The Morgan fingerprint density at radius 2 is 1.86 bits per heavy atom. The lowest BCUT2D eigenvalue weighted by Gasteiger charge is -2.24. The van der Waals surface area contributed by atoms with Crippen LogP contribution in [0.5, 0.6) is 11.5 Å². The molecule has 0 spiro atoms. The molecule has 36 heavy (non-hydrogen) atoms. The van der Waals surface area contributed by atoms with Gasteiger partial charge in [0.25, 0.3) is 5.91 Å². The van der Waals surface area contributed by atoms with E-state index in [-0.39, 0.29) is 31.3 Å². The predicted octanol–water partition coefficient (Wildman–Crippen LogP) is 3.00. The number of amides is 2. The molecule has 0 aliphatic carbocycles. The average molecular weight is 546 g/mol. The molecule has 2 aromatic rings. The summed E-state index contributed by atoms with van der Waals surface area (Å²) in [7, 11) is -3.04. The zero-order valence-electron chi connectivity index (χ0n) is 19.2. The van der Waals surface area contributed by atoms with Crippen molar-refractivity contribution in [1.82, 2.24) is 14.7 Å². The monoisotopic (exact) mass is 545 g/mol. The second-order valence-corrected chi connectivity index (χ2v) is 9.38. The van der Waals surface area contributed by atoms with Gasteiger partial charge >= 0.3 is 6.09 Å². The molecular formula is C22H25ClFN3O8S. The molecule has 0 atom stereocenters. The van der Waals surface area contributed by atoms with E-state index in [1.165, 1.54) is 36.9 Å². The molecule has 0 fully saturated rings. The number of nitrogens with one attached hydrogen (secondary N) is 1. The summed E-state index contributed by atoms with van der Waals surface area (Å²) >= 11 is 5.81. The third-order valence-electron chi connectivity index (χ3n) is 4.59. The van der Waals surface area contributed by atoms with E-state index in [4.69, 9.17) is 31.0 Å². The van der Waals surface area contributed by atoms with Gasteiger partial charge in [0.1, 0.15) is 12.4 Å². The topological polar surface area (TPSA) is 135 Å². The Hall–Kier alpha value is -3.23. The highest BCUT2D eigenvalue weighted by Crippen LogP contribution is 2.28. The molecule has 2 N–H and O–H groups in total. The van der Waals surface area contributed by atoms with Crippen LogP contribution in [0.3, 0.4) is 0 Å². The van der Waals surface area contributed by atoms with Crippen LogP contribution in [0.2, 0.25) is 5.02 Å². The van der Waals surface area contributed by atoms with Crippen molar-refractivity contribution in [3.63, 3.8) is 0 Å². The van der Waals surface area contributed by atoms with Crippen molar-refractivity contribution in [2.24, 2.45) is 0 Å². The van der Waals surface area contributed by atoms with Crippen LogP contribution in [0, 0.1) is 5.82 Å². The summed E-state index contributed by atoms with van der Waals surface area (Å²) in [6.07, 6.45) is 0.301. The average Bonchev–Trinajstić information content (AvgIpc) is 2.86. The molecule has 2 rings (SSSR count). The van der Waals surface area contributed by atoms with E-state index in [1.807, 2.05) is 0 Å². The number of hydrogen-bond acceptors (Lipinski definition) is 8. The maximum atomic E-state index is 14.7. The zero-order chi connectivity index (χ0) is 26.7. The van der Waals surface area contributed by atoms with Gasteiger partial charge in [-0.2, -0.15) is 4.31 Å². The van der Waals surface area contributed by atoms with Crippen LogP contribution in [-0.4, -0.2) is 74.8 Å². The fourth-order valence-corrected chi connectivity index (χ4v) is 4.28. The molecule has 0 unspecified atom stereocenters. The van der Waals surface area contributed by atoms with Gasteiger partial charge in [0, 0.05) is 31.4 Å². The zero-order valence-corrected chi connectivity index (χ0v) is 20.8. The lowest BCUT2D eigenvalue weighted by Crippen LogP contribution is -2.44. The molecule has 11 nitrogen and oxygen atoms in total. The number of ether oxygens (including phenoxy) is 3. The van der Waals surface area contributed by atoms with Gasteiger partial charge in [-0.05, 0) is 42.5 Å². The van der Waals surface area contributed by atoms with Crippen molar-refractivity contribution in [1.29, 1.82) is 0 Å². The van der Waals surface area contributed by atoms with Gasteiger partial charge in [0.15, 0.2) is 11.6 Å². The van der Waals surface area contributed by atoms with Gasteiger partial charge in [-0.15, -0.1) is 0 Å². The summed E-state index contributed by atoms with van der Waals surface area (Å²) in [5, 5.41) is 9.32. The Bertz CT molecular complexity index is 1160. The number of hydroxylamine groups is 1. The minimum absolute atomic E-state index is 0.0433. The van der Waals surface area contributed by atoms with Crippen molar-refractivity contribution in [3.8, 4) is 11.5 Å². The third-order valence-corrected chi connectivity index (χ3v) is 6.68. The molecule has 0 heterocycles. The number of carbonyl (C=O) groups is 2. The van der Waals surface area contributed by atoms with Gasteiger partial charge in [0.05, 0.1) is 18.0 Å². The second kappa shape index (κ2) is 13.8. The summed E-state index contributed by atoms with van der Waals surface area (Å²) in [6.45, 7) is 2.11. The molecule has 196 valence electrons. The van der Waals surface area contributed by atoms with Crippen LogP contribution in [0.4, 0.5) is 9.18 Å². The van der Waals surface area contributed by atoms with E-state index < -0.39 is 45.8 Å². The second-order valence-electron chi connectivity index (χ2n) is 7.00. The van der Waals surface area contributed by atoms with E-state index >= 15 is 0 Å². The molecule has 0 saturated carbocycles. The minimum atomic E-state index is -4.46. The summed E-state index contributed by atoms with van der Waals surface area (Å²) in [4.78, 5) is 24.4. The molecule has 2 aromatic carbocycles. The number of carbonyl (C=O) groups excluding carboxylic acids is 2. The van der Waals surface area contributed by atoms with E-state index in [9.17, 15) is 22.4 Å². The van der Waals surface area contributed by atoms with Gasteiger partial charge in [-0.1, -0.05) is 18.2 Å². The van der Waals surface area contributed by atoms with Crippen molar-refractivity contribution < 1.29 is 41.8 Å². The van der Waals surface area contributed by atoms with Crippen molar-refractivity contribution in [3.05, 3.63) is 66.1 Å². The highest BCUT2D eigenvalue weighted by atomic mass is 35.5. The summed E-state index contributed by atoms with van der Waals surface area (Å²) in [5.41, 5.74) is 1.34. The molecule has 0 radical (unpaired) electrons. The first-order valence-corrected chi connectivity index (χ1v) is 12.1. The number of methoxy groups -OCH3 is 1. The third kappa shape index (κ3) is 8.17. The van der Waals surface area contributed by atoms with Crippen molar-refractivity contribution >= 4 is 33.6 Å². The quantitative estimate of drug-likeness (QED) is 0.223. The summed E-state index contributed by atoms with van der Waals surface area (Å²) < 4.78 is 56.9. The first-order valence-electron chi connectivity index (χ1n) is 10.3. The van der Waals surface area contributed by atoms with Crippen molar-refractivity contribution in [2.75, 3.05) is 40.0 Å². The smallest absolute Gasteiger partial charge is 0.413 e. The number of sulfonamides is 1. The van der Waals surface area contributed by atoms with Crippen molar-refractivity contribution in [2.45, 2.75) is 4.90 Å². The molecule has 0 aliphatic rings. The number of nitrogens with zero attached hydrogens (tertiary/aromatic N) is 2. The van der Waals surface area contributed by atoms with Crippen LogP contribution in [0.25, 0.3) is 0 Å². The molecule has 14 heteroatoms. The van der Waals surface area contributed by atoms with E-state index in [0.29, 0.717) is 9.33 Å². The van der Waals surface area contributed by atoms with Crippen LogP contribution in [0.15, 0.2) is 60.1 Å². The molecule has 2 amide bonds. The van der Waals surface area contributed by atoms with Gasteiger partial charge in [0.2, 0.25) is 10.0 Å². The molecule has 0 bridgehead atoms. The molecule has 0 aromatic heterocycles. The Balaban J connectivity index is 2.23. The van der Waals surface area contributed by atoms with Crippen LogP contribution >= 0.6 is 11.6 Å². The number of rotatable bonds is 13. The van der Waals surface area contributed by atoms with Crippen LogP contribution in [-0.2, 0) is 24.3 Å². The first-order chi connectivity index (χ1) is 17.1. The first kappa shape index (κ1) is 29.0. The largest absolute Gasteiger partial charge is 0.454 e. The Morgan fingerprint density at radius 3 is 2.44 bits per heavy atom. The lowest BCUT2D eigenvalue weighted by molar-refractivity contribution is -0.129. The summed E-state index contributed by atoms with van der Waals surface area (Å²) in [6, 6.07) is 9.03. The molecule has 0 saturated heterocycles. The number of halogens is 2. The maximum absolute atomic E-state index is 14.7. The standard InChI is InChI=1S/C22H25ClFN3O8S/c1-3-26(22(29)34-13-12-33-2)10-11-27(15-21(28)25-30)36(31,32)18-8-9-20(19(24)14-18)35-17-6-4-16(23)5-7-17/h3-9,14,30H,1,10-13,15H2,2H3,(H,25,28). The number of benzene rings is 2. The SMILES string of the molecule is C=CN(CCN(CC(=O)NO)S(=O)(=O)c1ccc(Oc2ccc(Cl)cc2)c(F)c1)C(=O)OCCOC. The highest BCUT2D eigenvalue weighted by Gasteiger charge is 2.29. The van der Waals surface area contributed by atoms with Gasteiger partial charge < -0.3 is 14.2 Å². The van der Waals surface area contributed by atoms with Crippen LogP contribution < -0.4 is 10.2 Å². The Morgan fingerprint density at radius 1 is 1.17 bits per heavy atom. The Labute approximate surface area is 212 Å². The molecule has 0 aliphatic heterocycles. The van der Waals surface area contributed by atoms with E-state index in [1.54, 1.807) is 0 Å². The fourth-order valence-electron chi connectivity index (χ4n) is 2.75. The van der Waals surface area contributed by atoms with Gasteiger partial charge in [-0.25, -0.2) is 23.1 Å². The van der Waals surface area contributed by atoms with Crippen LogP contribution in [0.1, 0.15) is 0 Å². The molecular weight excluding hydrogens is 521 g/mol. The lowest BCUT2D eigenvalue weighted by atomic mass is 10.3. The van der Waals surface area contributed by atoms with E-state index in [0.717, 1.165) is 29.3 Å². The highest BCUT2D eigenvalue weighted by molar-refractivity contribution is 7.89. The summed E-state index contributed by atoms with van der Waals surface area (Å²) in [5.74, 6) is -1.99. The minimum Gasteiger partial charge on any atom is -0.454 e. The number of hydrogen-bond donors (Lipinski definition) is 2. The fraction of sp³-hybridized carbons (Fsp3) is 0.273. The normalized spacial score (nSPS) is 11.1. The predicted molar refractivity (Wildman–Crippen MR) is 127 cm³/mol. The maximum Gasteiger partial charge on any atom is 0.413 e. The van der Waals surface area contributed by atoms with Gasteiger partial charge in [-0.3, -0.25) is 14.9 Å². The Kier molecular flexibility index (Phi) is 11.1.